The molecule has 0 aromatic heterocycles. The Bertz CT molecular complexity index is 666. The molecular weight excluding hydrogens is 406 g/mol. The van der Waals surface area contributed by atoms with Gasteiger partial charge in [-0.1, -0.05) is 51.3 Å². The van der Waals surface area contributed by atoms with Crippen LogP contribution in [0.15, 0.2) is 24.3 Å². The van der Waals surface area contributed by atoms with Crippen LogP contribution in [0.5, 0.6) is 0 Å². The molecule has 8 heteroatoms. The van der Waals surface area contributed by atoms with Gasteiger partial charge in [0.05, 0.1) is 6.61 Å². The predicted octanol–water partition coefficient (Wildman–Crippen LogP) is 3.74. The highest BCUT2D eigenvalue weighted by Crippen LogP contribution is 2.19. The van der Waals surface area contributed by atoms with Crippen LogP contribution in [-0.2, 0) is 4.74 Å². The Morgan fingerprint density at radius 1 is 1.09 bits per heavy atom. The third-order valence-corrected chi connectivity index (χ3v) is 5.61. The molecule has 0 aliphatic carbocycles. The number of hydrogen-bond acceptors (Lipinski definition) is 5. The van der Waals surface area contributed by atoms with Crippen LogP contribution in [0, 0.1) is 18.8 Å². The maximum atomic E-state index is 12.3. The highest BCUT2D eigenvalue weighted by molar-refractivity contribution is 5.71. The summed E-state index contributed by atoms with van der Waals surface area (Å²) < 4.78 is 5.34. The Kier molecular flexibility index (Phi) is 13.2. The summed E-state index contributed by atoms with van der Waals surface area (Å²) in [7, 11) is 0. The number of aryl methyl sites for hydroxylation is 1. The molecule has 0 radical (unpaired) electrons. The maximum absolute atomic E-state index is 12.3. The van der Waals surface area contributed by atoms with Gasteiger partial charge in [0, 0.05) is 30.9 Å². The molecule has 0 spiro atoms. The van der Waals surface area contributed by atoms with Crippen molar-refractivity contribution in [3.05, 3.63) is 29.8 Å². The number of unbranched alkanes of at least 4 members (excludes halogenated alkanes) is 2. The lowest BCUT2D eigenvalue weighted by atomic mass is 9.85. The molecule has 0 aliphatic heterocycles. The number of benzene rings is 1. The van der Waals surface area contributed by atoms with Crippen molar-refractivity contribution in [3.8, 4) is 0 Å². The van der Waals surface area contributed by atoms with Crippen LogP contribution < -0.4 is 27.4 Å². The smallest absolute Gasteiger partial charge is 0.407 e. The SMILES string of the molecule is CCCCCOC(=O)N[C@@H](C(C)C)C(N)[C@H](CCCNC(N)=O)CNc1ccc(C)cc1. The van der Waals surface area contributed by atoms with Crippen molar-refractivity contribution in [1.29, 1.82) is 0 Å². The van der Waals surface area contributed by atoms with Gasteiger partial charge in [-0.3, -0.25) is 0 Å². The lowest BCUT2D eigenvalue weighted by molar-refractivity contribution is 0.131. The summed E-state index contributed by atoms with van der Waals surface area (Å²) in [5.41, 5.74) is 14.1. The number of hydrogen-bond donors (Lipinski definition) is 5. The summed E-state index contributed by atoms with van der Waals surface area (Å²) in [6.07, 6.45) is 4.06. The number of urea groups is 1. The van der Waals surface area contributed by atoms with Crippen molar-refractivity contribution < 1.29 is 14.3 Å². The molecule has 7 N–H and O–H groups in total. The molecule has 0 aliphatic rings. The van der Waals surface area contributed by atoms with Crippen LogP contribution in [-0.4, -0.2) is 43.9 Å². The zero-order valence-electron chi connectivity index (χ0n) is 20.2. The minimum atomic E-state index is -0.531. The molecule has 0 fully saturated rings. The number of primary amides is 1. The predicted molar refractivity (Wildman–Crippen MR) is 131 cm³/mol. The number of rotatable bonds is 15. The molecule has 182 valence electrons. The van der Waals surface area contributed by atoms with E-state index in [0.717, 1.165) is 37.8 Å². The van der Waals surface area contributed by atoms with Gasteiger partial charge in [-0.25, -0.2) is 9.59 Å². The van der Waals surface area contributed by atoms with Crippen molar-refractivity contribution in [1.82, 2.24) is 10.6 Å². The van der Waals surface area contributed by atoms with Gasteiger partial charge in [-0.15, -0.1) is 0 Å². The van der Waals surface area contributed by atoms with E-state index >= 15 is 0 Å². The number of anilines is 1. The van der Waals surface area contributed by atoms with Gasteiger partial charge in [-0.2, -0.15) is 0 Å². The molecule has 0 saturated heterocycles. The summed E-state index contributed by atoms with van der Waals surface area (Å²) in [4.78, 5) is 23.3. The van der Waals surface area contributed by atoms with E-state index in [1.54, 1.807) is 0 Å². The third kappa shape index (κ3) is 11.2. The first-order chi connectivity index (χ1) is 15.2. The van der Waals surface area contributed by atoms with Crippen molar-refractivity contribution in [3.63, 3.8) is 0 Å². The summed E-state index contributed by atoms with van der Waals surface area (Å²) in [5, 5.41) is 9.07. The van der Waals surface area contributed by atoms with Crippen LogP contribution in [0.1, 0.15) is 58.4 Å². The average molecular weight is 450 g/mol. The lowest BCUT2D eigenvalue weighted by Crippen LogP contribution is -2.55. The Labute approximate surface area is 193 Å². The normalized spacial score (nSPS) is 13.8. The molecule has 0 saturated carbocycles. The summed E-state index contributed by atoms with van der Waals surface area (Å²) >= 11 is 0. The summed E-state index contributed by atoms with van der Waals surface area (Å²) in [6, 6.07) is 7.14. The fraction of sp³-hybridized carbons (Fsp3) is 0.667. The van der Waals surface area contributed by atoms with Crippen molar-refractivity contribution in [2.75, 3.05) is 25.0 Å². The molecule has 0 bridgehead atoms. The number of ether oxygens (including phenoxy) is 1. The van der Waals surface area contributed by atoms with Gasteiger partial charge >= 0.3 is 12.1 Å². The Balaban J connectivity index is 2.77. The number of nitrogens with two attached hydrogens (primary N) is 2. The van der Waals surface area contributed by atoms with Gasteiger partial charge < -0.3 is 32.2 Å². The molecule has 1 unspecified atom stereocenters. The second kappa shape index (κ2) is 15.3. The van der Waals surface area contributed by atoms with E-state index in [2.05, 4.69) is 41.9 Å². The van der Waals surface area contributed by atoms with Crippen LogP contribution in [0.2, 0.25) is 0 Å². The van der Waals surface area contributed by atoms with Crippen molar-refractivity contribution in [2.45, 2.75) is 71.9 Å². The fourth-order valence-electron chi connectivity index (χ4n) is 3.62. The first kappa shape index (κ1) is 27.6. The first-order valence-electron chi connectivity index (χ1n) is 11.8. The van der Waals surface area contributed by atoms with Gasteiger partial charge in [0.2, 0.25) is 0 Å². The van der Waals surface area contributed by atoms with E-state index in [1.807, 2.05) is 26.0 Å². The standard InChI is InChI=1S/C24H43N5O3/c1-5-6-7-15-32-24(31)29-22(17(2)3)21(25)19(9-8-14-27-23(26)30)16-28-20-12-10-18(4)11-13-20/h10-13,17,19,21-22,28H,5-9,14-16,25H2,1-4H3,(H,29,31)(H3,26,27,30)/t19-,21?,22+/m1/s1. The molecule has 1 aromatic rings. The van der Waals surface area contributed by atoms with E-state index in [-0.39, 0.29) is 23.9 Å². The van der Waals surface area contributed by atoms with E-state index < -0.39 is 12.1 Å². The summed E-state index contributed by atoms with van der Waals surface area (Å²) in [5.74, 6) is 0.206. The maximum Gasteiger partial charge on any atom is 0.407 e. The molecule has 3 atom stereocenters. The number of nitrogens with one attached hydrogen (secondary N) is 3. The fourth-order valence-corrected chi connectivity index (χ4v) is 3.62. The molecule has 8 nitrogen and oxygen atoms in total. The largest absolute Gasteiger partial charge is 0.450 e. The number of carbonyl (C=O) groups excluding carboxylic acids is 2. The van der Waals surface area contributed by atoms with E-state index in [4.69, 9.17) is 16.2 Å². The first-order valence-corrected chi connectivity index (χ1v) is 11.8. The lowest BCUT2D eigenvalue weighted by Gasteiger charge is -2.34. The van der Waals surface area contributed by atoms with Gasteiger partial charge in [-0.05, 0) is 50.2 Å². The highest BCUT2D eigenvalue weighted by Gasteiger charge is 2.30. The molecule has 32 heavy (non-hydrogen) atoms. The minimum Gasteiger partial charge on any atom is -0.450 e. The van der Waals surface area contributed by atoms with E-state index in [0.29, 0.717) is 19.7 Å². The van der Waals surface area contributed by atoms with Crippen LogP contribution >= 0.6 is 0 Å². The molecule has 1 rings (SSSR count). The van der Waals surface area contributed by atoms with Gasteiger partial charge in [0.15, 0.2) is 0 Å². The van der Waals surface area contributed by atoms with Crippen LogP contribution in [0.4, 0.5) is 15.3 Å². The molecule has 3 amide bonds. The second-order valence-corrected chi connectivity index (χ2v) is 8.77. The van der Waals surface area contributed by atoms with Crippen molar-refractivity contribution >= 4 is 17.8 Å². The van der Waals surface area contributed by atoms with E-state index in [1.165, 1.54) is 5.56 Å². The molecule has 0 heterocycles. The number of carbonyl (C=O) groups is 2. The van der Waals surface area contributed by atoms with Crippen LogP contribution in [0.3, 0.4) is 0 Å². The minimum absolute atomic E-state index is 0.0683. The van der Waals surface area contributed by atoms with Gasteiger partial charge in [0.25, 0.3) is 0 Å². The third-order valence-electron chi connectivity index (χ3n) is 5.61. The molecular formula is C24H43N5O3. The Morgan fingerprint density at radius 3 is 2.38 bits per heavy atom. The van der Waals surface area contributed by atoms with Crippen molar-refractivity contribution in [2.24, 2.45) is 23.3 Å². The zero-order valence-corrected chi connectivity index (χ0v) is 20.2. The number of amides is 3. The zero-order chi connectivity index (χ0) is 23.9. The quantitative estimate of drug-likeness (QED) is 0.260. The number of alkyl carbamates (subject to hydrolysis) is 1. The summed E-state index contributed by atoms with van der Waals surface area (Å²) in [6.45, 7) is 9.80. The Hall–Kier alpha value is -2.48. The molecule has 1 aromatic carbocycles. The van der Waals surface area contributed by atoms with Gasteiger partial charge in [0.1, 0.15) is 0 Å². The van der Waals surface area contributed by atoms with E-state index in [9.17, 15) is 9.59 Å². The second-order valence-electron chi connectivity index (χ2n) is 8.77. The topological polar surface area (TPSA) is 132 Å². The highest BCUT2D eigenvalue weighted by atomic mass is 16.5. The monoisotopic (exact) mass is 449 g/mol. The Morgan fingerprint density at radius 2 is 1.78 bits per heavy atom. The average Bonchev–Trinajstić information content (AvgIpc) is 2.75. The van der Waals surface area contributed by atoms with Crippen LogP contribution in [0.25, 0.3) is 0 Å².